The molecule has 0 radical (unpaired) electrons. The second-order valence-electron chi connectivity index (χ2n) is 7.00. The maximum Gasteiger partial charge on any atom is 0.258 e. The van der Waals surface area contributed by atoms with Crippen molar-refractivity contribution in [2.75, 3.05) is 30.9 Å². The highest BCUT2D eigenvalue weighted by Gasteiger charge is 2.38. The first-order valence-electron chi connectivity index (χ1n) is 9.64. The fourth-order valence-electron chi connectivity index (χ4n) is 3.21. The minimum Gasteiger partial charge on any atom is -0.378 e. The first-order chi connectivity index (χ1) is 14.3. The molecule has 0 aliphatic carbocycles. The van der Waals surface area contributed by atoms with E-state index in [0.717, 1.165) is 11.4 Å². The summed E-state index contributed by atoms with van der Waals surface area (Å²) in [5.41, 5.74) is 2.50. The monoisotopic (exact) mass is 462 g/mol. The Bertz CT molecular complexity index is 1030. The van der Waals surface area contributed by atoms with Crippen molar-refractivity contribution >= 4 is 47.3 Å². The molecule has 7 heteroatoms. The molecule has 1 N–H and O–H groups in total. The lowest BCUT2D eigenvalue weighted by Gasteiger charge is -2.30. The van der Waals surface area contributed by atoms with Gasteiger partial charge in [0.2, 0.25) is 0 Å². The van der Waals surface area contributed by atoms with Crippen LogP contribution in [0.5, 0.6) is 0 Å². The van der Waals surface area contributed by atoms with Gasteiger partial charge in [-0.3, -0.25) is 4.57 Å². The second kappa shape index (κ2) is 9.89. The van der Waals surface area contributed by atoms with E-state index < -0.39 is 13.2 Å². The Labute approximate surface area is 188 Å². The molecule has 0 saturated carbocycles. The molecule has 3 aromatic carbocycles. The number of halogens is 2. The van der Waals surface area contributed by atoms with E-state index in [1.54, 1.807) is 18.2 Å². The van der Waals surface area contributed by atoms with Gasteiger partial charge in [0.25, 0.3) is 7.37 Å². The van der Waals surface area contributed by atoms with Gasteiger partial charge in [0.05, 0.1) is 6.61 Å². The summed E-state index contributed by atoms with van der Waals surface area (Å²) >= 11 is 12.7. The highest BCUT2D eigenvalue weighted by molar-refractivity contribution is 7.67. The fraction of sp³-hybridized carbons (Fsp3) is 0.217. The normalized spacial score (nSPS) is 14.0. The number of benzene rings is 3. The molecule has 0 aromatic heterocycles. The van der Waals surface area contributed by atoms with Crippen molar-refractivity contribution in [2.24, 2.45) is 0 Å². The summed E-state index contributed by atoms with van der Waals surface area (Å²) in [5.74, 6) is -0.685. The quantitative estimate of drug-likeness (QED) is 0.373. The van der Waals surface area contributed by atoms with Crippen LogP contribution in [0.1, 0.15) is 18.3 Å². The summed E-state index contributed by atoms with van der Waals surface area (Å²) < 4.78 is 20.4. The van der Waals surface area contributed by atoms with Gasteiger partial charge in [-0.05, 0) is 55.5 Å². The lowest BCUT2D eigenvalue weighted by Crippen LogP contribution is -2.21. The molecular formula is C23H25Cl2N2O2P. The molecule has 0 fully saturated rings. The summed E-state index contributed by atoms with van der Waals surface area (Å²) in [4.78, 5) is 1.99. The predicted molar refractivity (Wildman–Crippen MR) is 129 cm³/mol. The summed E-state index contributed by atoms with van der Waals surface area (Å²) in [6.45, 7) is 2.13. The first kappa shape index (κ1) is 22.7. The number of nitrogens with zero attached hydrogens (tertiary/aromatic N) is 1. The van der Waals surface area contributed by atoms with Crippen molar-refractivity contribution in [1.82, 2.24) is 0 Å². The third-order valence-corrected chi connectivity index (χ3v) is 8.03. The summed E-state index contributed by atoms with van der Waals surface area (Å²) in [5, 5.41) is 4.96. The van der Waals surface area contributed by atoms with Crippen molar-refractivity contribution in [1.29, 1.82) is 0 Å². The van der Waals surface area contributed by atoms with Gasteiger partial charge in [0.15, 0.2) is 0 Å². The van der Waals surface area contributed by atoms with Crippen molar-refractivity contribution in [2.45, 2.75) is 12.7 Å². The average molecular weight is 463 g/mol. The Kier molecular flexibility index (Phi) is 7.49. The Morgan fingerprint density at radius 1 is 1.00 bits per heavy atom. The van der Waals surface area contributed by atoms with Gasteiger partial charge < -0.3 is 14.7 Å². The van der Waals surface area contributed by atoms with E-state index in [1.165, 1.54) is 0 Å². The highest BCUT2D eigenvalue weighted by atomic mass is 35.5. The van der Waals surface area contributed by atoms with E-state index in [2.05, 4.69) is 5.32 Å². The van der Waals surface area contributed by atoms with Crippen LogP contribution in [0.3, 0.4) is 0 Å². The fourth-order valence-corrected chi connectivity index (χ4v) is 6.26. The lowest BCUT2D eigenvalue weighted by atomic mass is 10.2. The Hall–Kier alpha value is -1.97. The SMILES string of the molecule is CCOP(=O)(c1ccc(N(C)C)cc1)C(Nc1ccccc1)c1ccc(Cl)cc1Cl. The molecule has 3 aromatic rings. The maximum atomic E-state index is 14.4. The molecule has 3 rings (SSSR count). The van der Waals surface area contributed by atoms with Gasteiger partial charge in [-0.1, -0.05) is 47.5 Å². The van der Waals surface area contributed by atoms with Crippen LogP contribution >= 0.6 is 30.6 Å². The van der Waals surface area contributed by atoms with E-state index in [1.807, 2.05) is 80.5 Å². The largest absolute Gasteiger partial charge is 0.378 e. The van der Waals surface area contributed by atoms with Crippen LogP contribution in [0.4, 0.5) is 11.4 Å². The van der Waals surface area contributed by atoms with E-state index in [4.69, 9.17) is 27.7 Å². The first-order valence-corrected chi connectivity index (χ1v) is 12.1. The molecule has 0 saturated heterocycles. The molecule has 0 amide bonds. The molecule has 4 nitrogen and oxygen atoms in total. The third-order valence-electron chi connectivity index (χ3n) is 4.72. The molecule has 30 heavy (non-hydrogen) atoms. The minimum atomic E-state index is -3.42. The third kappa shape index (κ3) is 5.01. The zero-order chi connectivity index (χ0) is 21.7. The van der Waals surface area contributed by atoms with Crippen LogP contribution in [-0.4, -0.2) is 20.7 Å². The van der Waals surface area contributed by atoms with Gasteiger partial charge in [-0.2, -0.15) is 0 Å². The van der Waals surface area contributed by atoms with Crippen LogP contribution < -0.4 is 15.5 Å². The van der Waals surface area contributed by atoms with Crippen molar-refractivity contribution < 1.29 is 9.09 Å². The lowest BCUT2D eigenvalue weighted by molar-refractivity contribution is 0.335. The molecule has 0 bridgehead atoms. The standard InChI is InChI=1S/C23H25Cl2N2O2P/c1-4-29-30(28,20-13-11-19(12-14-20)27(2)3)23(26-18-8-6-5-7-9-18)21-15-10-17(24)16-22(21)25/h5-16,23,26H,4H2,1-3H3. The Morgan fingerprint density at radius 3 is 2.23 bits per heavy atom. The van der Waals surface area contributed by atoms with E-state index >= 15 is 0 Å². The molecule has 0 spiro atoms. The van der Waals surface area contributed by atoms with Gasteiger partial charge in [0, 0.05) is 46.4 Å². The van der Waals surface area contributed by atoms with E-state index in [0.29, 0.717) is 27.5 Å². The van der Waals surface area contributed by atoms with Gasteiger partial charge in [0.1, 0.15) is 5.78 Å². The Balaban J connectivity index is 2.15. The van der Waals surface area contributed by atoms with Crippen LogP contribution in [-0.2, 0) is 9.09 Å². The molecule has 0 aliphatic heterocycles. The number of rotatable bonds is 8. The van der Waals surface area contributed by atoms with Crippen LogP contribution in [0.15, 0.2) is 72.8 Å². The summed E-state index contributed by atoms with van der Waals surface area (Å²) in [7, 11) is 0.507. The average Bonchev–Trinajstić information content (AvgIpc) is 2.73. The second-order valence-corrected chi connectivity index (χ2v) is 10.3. The molecule has 2 unspecified atom stereocenters. The van der Waals surface area contributed by atoms with Crippen molar-refractivity contribution in [3.8, 4) is 0 Å². The van der Waals surface area contributed by atoms with Crippen molar-refractivity contribution in [3.05, 3.63) is 88.4 Å². The van der Waals surface area contributed by atoms with Crippen LogP contribution in [0.25, 0.3) is 0 Å². The number of anilines is 2. The van der Waals surface area contributed by atoms with E-state index in [-0.39, 0.29) is 0 Å². The van der Waals surface area contributed by atoms with Gasteiger partial charge in [-0.25, -0.2) is 0 Å². The number of hydrogen-bond acceptors (Lipinski definition) is 4. The Morgan fingerprint density at radius 2 is 1.67 bits per heavy atom. The molecule has 0 aliphatic rings. The molecule has 2 atom stereocenters. The molecule has 158 valence electrons. The van der Waals surface area contributed by atoms with Crippen LogP contribution in [0.2, 0.25) is 10.0 Å². The smallest absolute Gasteiger partial charge is 0.258 e. The zero-order valence-corrected chi connectivity index (χ0v) is 19.6. The van der Waals surface area contributed by atoms with Crippen LogP contribution in [0, 0.1) is 0 Å². The van der Waals surface area contributed by atoms with Gasteiger partial charge >= 0.3 is 0 Å². The maximum absolute atomic E-state index is 14.4. The topological polar surface area (TPSA) is 41.6 Å². The van der Waals surface area contributed by atoms with E-state index in [9.17, 15) is 4.57 Å². The molecule has 0 heterocycles. The van der Waals surface area contributed by atoms with Crippen molar-refractivity contribution in [3.63, 3.8) is 0 Å². The predicted octanol–water partition coefficient (Wildman–Crippen LogP) is 6.81. The minimum absolute atomic E-state index is 0.297. The highest BCUT2D eigenvalue weighted by Crippen LogP contribution is 2.60. The summed E-state index contributed by atoms with van der Waals surface area (Å²) in [6, 6.07) is 22.4. The number of hydrogen-bond donors (Lipinski definition) is 1. The number of nitrogens with one attached hydrogen (secondary N) is 1. The molecular weight excluding hydrogens is 438 g/mol. The zero-order valence-electron chi connectivity index (χ0n) is 17.2. The van der Waals surface area contributed by atoms with Gasteiger partial charge in [-0.15, -0.1) is 0 Å². The summed E-state index contributed by atoms with van der Waals surface area (Å²) in [6.07, 6.45) is 0. The number of para-hydroxylation sites is 1.